The molecule has 1 amide bonds. The second-order valence-corrected chi connectivity index (χ2v) is 6.49. The van der Waals surface area contributed by atoms with Crippen molar-refractivity contribution in [3.05, 3.63) is 65.2 Å². The van der Waals surface area contributed by atoms with Crippen molar-refractivity contribution < 1.29 is 14.3 Å². The third-order valence-electron chi connectivity index (χ3n) is 4.76. The molecule has 0 radical (unpaired) electrons. The number of amides is 1. The van der Waals surface area contributed by atoms with Crippen molar-refractivity contribution in [2.45, 2.75) is 13.0 Å². The number of nitrogens with zero attached hydrogens (tertiary/aromatic N) is 1. The summed E-state index contributed by atoms with van der Waals surface area (Å²) in [5, 5.41) is 3.08. The minimum Gasteiger partial charge on any atom is -0.496 e. The molecule has 1 N–H and O–H groups in total. The van der Waals surface area contributed by atoms with Gasteiger partial charge in [0.2, 0.25) is 0 Å². The third kappa shape index (κ3) is 4.42. The summed E-state index contributed by atoms with van der Waals surface area (Å²) in [6.45, 7) is 5.80. The van der Waals surface area contributed by atoms with Gasteiger partial charge in [-0.1, -0.05) is 42.0 Å². The van der Waals surface area contributed by atoms with Gasteiger partial charge < -0.3 is 14.8 Å². The molecule has 2 aromatic rings. The first-order chi connectivity index (χ1) is 12.7. The van der Waals surface area contributed by atoms with E-state index in [0.29, 0.717) is 17.9 Å². The van der Waals surface area contributed by atoms with Crippen molar-refractivity contribution in [2.75, 3.05) is 40.0 Å². The average Bonchev–Trinajstić information content (AvgIpc) is 2.70. The second-order valence-electron chi connectivity index (χ2n) is 6.49. The van der Waals surface area contributed by atoms with Crippen molar-refractivity contribution in [1.82, 2.24) is 10.2 Å². The van der Waals surface area contributed by atoms with Gasteiger partial charge >= 0.3 is 0 Å². The van der Waals surface area contributed by atoms with E-state index in [1.807, 2.05) is 12.1 Å². The van der Waals surface area contributed by atoms with Crippen LogP contribution in [0.4, 0.5) is 0 Å². The maximum Gasteiger partial charge on any atom is 0.255 e. The number of hydrogen-bond acceptors (Lipinski definition) is 4. The van der Waals surface area contributed by atoms with Crippen LogP contribution >= 0.6 is 0 Å². The minimum absolute atomic E-state index is 0.118. The van der Waals surface area contributed by atoms with Crippen molar-refractivity contribution in [2.24, 2.45) is 0 Å². The Morgan fingerprint density at radius 1 is 1.15 bits per heavy atom. The SMILES string of the molecule is COc1ccccc1C(=O)NCC(c1ccc(C)cc1)N1CCOCC1. The predicted molar refractivity (Wildman–Crippen MR) is 102 cm³/mol. The Morgan fingerprint density at radius 3 is 2.54 bits per heavy atom. The van der Waals surface area contributed by atoms with Gasteiger partial charge in [-0.25, -0.2) is 0 Å². The fraction of sp³-hybridized carbons (Fsp3) is 0.381. The number of methoxy groups -OCH3 is 1. The Kier molecular flexibility index (Phi) is 6.26. The van der Waals surface area contributed by atoms with E-state index >= 15 is 0 Å². The molecule has 1 fully saturated rings. The van der Waals surface area contributed by atoms with Crippen LogP contribution in [0.25, 0.3) is 0 Å². The molecule has 0 saturated carbocycles. The number of carbonyl (C=O) groups is 1. The highest BCUT2D eigenvalue weighted by atomic mass is 16.5. The summed E-state index contributed by atoms with van der Waals surface area (Å²) >= 11 is 0. The molecule has 1 heterocycles. The Bertz CT molecular complexity index is 724. The van der Waals surface area contributed by atoms with Crippen LogP contribution in [-0.2, 0) is 4.74 Å². The molecule has 0 spiro atoms. The molecule has 0 aliphatic carbocycles. The average molecular weight is 354 g/mol. The summed E-state index contributed by atoms with van der Waals surface area (Å²) in [6.07, 6.45) is 0. The first kappa shape index (κ1) is 18.4. The Balaban J connectivity index is 1.75. The van der Waals surface area contributed by atoms with E-state index in [-0.39, 0.29) is 11.9 Å². The molecule has 0 bridgehead atoms. The topological polar surface area (TPSA) is 50.8 Å². The van der Waals surface area contributed by atoms with E-state index in [1.54, 1.807) is 19.2 Å². The standard InChI is InChI=1S/C21H26N2O3/c1-16-7-9-17(10-8-16)19(23-11-13-26-14-12-23)15-22-21(24)18-5-3-4-6-20(18)25-2/h3-10,19H,11-15H2,1-2H3,(H,22,24). The quantitative estimate of drug-likeness (QED) is 0.867. The van der Waals surface area contributed by atoms with E-state index in [1.165, 1.54) is 11.1 Å². The number of nitrogens with one attached hydrogen (secondary N) is 1. The van der Waals surface area contributed by atoms with E-state index in [0.717, 1.165) is 26.3 Å². The Morgan fingerprint density at radius 2 is 1.85 bits per heavy atom. The summed E-state index contributed by atoms with van der Waals surface area (Å²) in [6, 6.07) is 15.9. The smallest absolute Gasteiger partial charge is 0.255 e. The molecule has 1 aliphatic rings. The molecule has 3 rings (SSSR count). The highest BCUT2D eigenvalue weighted by Crippen LogP contribution is 2.23. The van der Waals surface area contributed by atoms with Crippen molar-refractivity contribution in [3.8, 4) is 5.75 Å². The number of rotatable bonds is 6. The molecule has 5 heteroatoms. The van der Waals surface area contributed by atoms with Crippen LogP contribution in [0.5, 0.6) is 5.75 Å². The van der Waals surface area contributed by atoms with E-state index in [9.17, 15) is 4.79 Å². The maximum atomic E-state index is 12.7. The van der Waals surface area contributed by atoms with E-state index in [4.69, 9.17) is 9.47 Å². The van der Waals surface area contributed by atoms with Gasteiger partial charge in [0.25, 0.3) is 5.91 Å². The number of hydrogen-bond donors (Lipinski definition) is 1. The fourth-order valence-electron chi connectivity index (χ4n) is 3.25. The third-order valence-corrected chi connectivity index (χ3v) is 4.76. The van der Waals surface area contributed by atoms with Crippen molar-refractivity contribution in [3.63, 3.8) is 0 Å². The zero-order valence-corrected chi connectivity index (χ0v) is 15.4. The largest absolute Gasteiger partial charge is 0.496 e. The van der Waals surface area contributed by atoms with Gasteiger partial charge in [0, 0.05) is 19.6 Å². The molecule has 1 unspecified atom stereocenters. The lowest BCUT2D eigenvalue weighted by Gasteiger charge is -2.35. The van der Waals surface area contributed by atoms with Crippen LogP contribution in [0.1, 0.15) is 27.5 Å². The normalized spacial score (nSPS) is 16.1. The Labute approximate surface area is 154 Å². The van der Waals surface area contributed by atoms with Crippen LogP contribution in [0.3, 0.4) is 0 Å². The number of benzene rings is 2. The van der Waals surface area contributed by atoms with Gasteiger partial charge in [0.15, 0.2) is 0 Å². The molecule has 1 atom stereocenters. The van der Waals surface area contributed by atoms with Crippen LogP contribution in [0.15, 0.2) is 48.5 Å². The molecule has 138 valence electrons. The van der Waals surface area contributed by atoms with E-state index in [2.05, 4.69) is 41.4 Å². The summed E-state index contributed by atoms with van der Waals surface area (Å²) in [4.78, 5) is 15.0. The maximum absolute atomic E-state index is 12.7. The number of carbonyl (C=O) groups excluding carboxylic acids is 1. The number of morpholine rings is 1. The lowest BCUT2D eigenvalue weighted by atomic mass is 10.0. The summed E-state index contributed by atoms with van der Waals surface area (Å²) in [7, 11) is 1.58. The minimum atomic E-state index is -0.118. The van der Waals surface area contributed by atoms with Gasteiger partial charge in [0.1, 0.15) is 5.75 Å². The lowest BCUT2D eigenvalue weighted by Crippen LogP contribution is -2.43. The molecule has 2 aromatic carbocycles. The van der Waals surface area contributed by atoms with Gasteiger partial charge in [-0.3, -0.25) is 9.69 Å². The predicted octanol–water partition coefficient (Wildman–Crippen LogP) is 2.81. The van der Waals surface area contributed by atoms with Gasteiger partial charge in [-0.05, 0) is 24.6 Å². The van der Waals surface area contributed by atoms with Crippen LogP contribution in [0, 0.1) is 6.92 Å². The van der Waals surface area contributed by atoms with Gasteiger partial charge in [0.05, 0.1) is 31.9 Å². The number of ether oxygens (including phenoxy) is 2. The van der Waals surface area contributed by atoms with Crippen LogP contribution in [0.2, 0.25) is 0 Å². The first-order valence-corrected chi connectivity index (χ1v) is 8.98. The molecule has 26 heavy (non-hydrogen) atoms. The second kappa shape index (κ2) is 8.83. The zero-order valence-electron chi connectivity index (χ0n) is 15.4. The number of para-hydroxylation sites is 1. The monoisotopic (exact) mass is 354 g/mol. The molecular weight excluding hydrogens is 328 g/mol. The first-order valence-electron chi connectivity index (χ1n) is 8.98. The van der Waals surface area contributed by atoms with Crippen LogP contribution < -0.4 is 10.1 Å². The molecule has 1 saturated heterocycles. The van der Waals surface area contributed by atoms with Crippen molar-refractivity contribution >= 4 is 5.91 Å². The Hall–Kier alpha value is -2.37. The fourth-order valence-corrected chi connectivity index (χ4v) is 3.25. The summed E-state index contributed by atoms with van der Waals surface area (Å²) in [5.41, 5.74) is 2.99. The van der Waals surface area contributed by atoms with Gasteiger partial charge in [-0.15, -0.1) is 0 Å². The lowest BCUT2D eigenvalue weighted by molar-refractivity contribution is 0.0162. The number of aryl methyl sites for hydroxylation is 1. The summed E-state index contributed by atoms with van der Waals surface area (Å²) in [5.74, 6) is 0.469. The van der Waals surface area contributed by atoms with Crippen LogP contribution in [-0.4, -0.2) is 50.8 Å². The van der Waals surface area contributed by atoms with E-state index < -0.39 is 0 Å². The summed E-state index contributed by atoms with van der Waals surface area (Å²) < 4.78 is 10.8. The molecule has 1 aliphatic heterocycles. The van der Waals surface area contributed by atoms with Crippen molar-refractivity contribution in [1.29, 1.82) is 0 Å². The highest BCUT2D eigenvalue weighted by molar-refractivity contribution is 5.96. The molecule has 5 nitrogen and oxygen atoms in total. The van der Waals surface area contributed by atoms with Gasteiger partial charge in [-0.2, -0.15) is 0 Å². The highest BCUT2D eigenvalue weighted by Gasteiger charge is 2.23. The molecular formula is C21H26N2O3. The zero-order chi connectivity index (χ0) is 18.4. The molecule has 0 aromatic heterocycles.